The van der Waals surface area contributed by atoms with Gasteiger partial charge in [-0.25, -0.2) is 17.5 Å². The molecular formula is C23H30ClFN2O4S. The first-order chi connectivity index (χ1) is 15.3. The highest BCUT2D eigenvalue weighted by atomic mass is 35.5. The summed E-state index contributed by atoms with van der Waals surface area (Å²) in [4.78, 5) is 1.88. The lowest BCUT2D eigenvalue weighted by atomic mass is 9.97. The van der Waals surface area contributed by atoms with Crippen LogP contribution in [0.1, 0.15) is 26.7 Å². The molecule has 0 radical (unpaired) electrons. The number of nitrogens with one attached hydrogen (secondary N) is 1. The van der Waals surface area contributed by atoms with Crippen LogP contribution in [-0.2, 0) is 10.0 Å². The first-order valence-electron chi connectivity index (χ1n) is 10.8. The van der Waals surface area contributed by atoms with Gasteiger partial charge in [0.1, 0.15) is 11.5 Å². The van der Waals surface area contributed by atoms with Crippen molar-refractivity contribution in [2.24, 2.45) is 5.92 Å². The Labute approximate surface area is 194 Å². The maximum atomic E-state index is 14.1. The summed E-state index contributed by atoms with van der Waals surface area (Å²) in [5, 5.41) is -0.207. The fraction of sp³-hybridized carbons (Fsp3) is 0.478. The van der Waals surface area contributed by atoms with Crippen molar-refractivity contribution in [3.63, 3.8) is 0 Å². The fourth-order valence-electron chi connectivity index (χ4n) is 3.62. The summed E-state index contributed by atoms with van der Waals surface area (Å²) in [5.41, 5.74) is 0. The van der Waals surface area contributed by atoms with Crippen molar-refractivity contribution in [1.29, 1.82) is 0 Å². The number of para-hydroxylation sites is 2. The van der Waals surface area contributed by atoms with Crippen LogP contribution in [0.15, 0.2) is 47.4 Å². The van der Waals surface area contributed by atoms with Gasteiger partial charge < -0.3 is 9.47 Å². The van der Waals surface area contributed by atoms with E-state index in [1.54, 1.807) is 0 Å². The minimum atomic E-state index is -3.94. The van der Waals surface area contributed by atoms with Crippen LogP contribution in [-0.4, -0.2) is 52.2 Å². The smallest absolute Gasteiger partial charge is 0.243 e. The van der Waals surface area contributed by atoms with Crippen LogP contribution in [0, 0.1) is 11.7 Å². The maximum Gasteiger partial charge on any atom is 0.243 e. The van der Waals surface area contributed by atoms with E-state index in [4.69, 9.17) is 21.1 Å². The van der Waals surface area contributed by atoms with Crippen LogP contribution in [0.5, 0.6) is 11.5 Å². The van der Waals surface area contributed by atoms with Crippen molar-refractivity contribution in [3.05, 3.63) is 53.3 Å². The number of piperidine rings is 1. The highest BCUT2D eigenvalue weighted by molar-refractivity contribution is 7.89. The van der Waals surface area contributed by atoms with Crippen LogP contribution >= 0.6 is 11.6 Å². The molecule has 9 heteroatoms. The normalized spacial score (nSPS) is 15.8. The van der Waals surface area contributed by atoms with Gasteiger partial charge in [0.25, 0.3) is 0 Å². The molecule has 0 aromatic heterocycles. The van der Waals surface area contributed by atoms with Gasteiger partial charge in [-0.2, -0.15) is 0 Å². The Morgan fingerprint density at radius 2 is 1.81 bits per heavy atom. The lowest BCUT2D eigenvalue weighted by molar-refractivity contribution is 0.151. The summed E-state index contributed by atoms with van der Waals surface area (Å²) in [6.45, 7) is 7.26. The molecule has 1 heterocycles. The standard InChI is InChI=1S/C23H30ClFN2O4S/c1-17(2)31-21-8-4-3-7-20(21)30-15-14-27-12-10-18(11-13-27)16-26-32(28,29)22-9-5-6-19(24)23(22)25/h3-9,17-18,26H,10-16H2,1-2H3. The van der Waals surface area contributed by atoms with Crippen molar-refractivity contribution >= 4 is 21.6 Å². The lowest BCUT2D eigenvalue weighted by Gasteiger charge is -2.31. The zero-order valence-electron chi connectivity index (χ0n) is 18.4. The number of nitrogens with zero attached hydrogens (tertiary/aromatic N) is 1. The Balaban J connectivity index is 1.42. The summed E-state index contributed by atoms with van der Waals surface area (Å²) >= 11 is 5.71. The van der Waals surface area contributed by atoms with Gasteiger partial charge in [-0.3, -0.25) is 4.90 Å². The quantitative estimate of drug-likeness (QED) is 0.543. The Bertz CT molecular complexity index is 995. The second-order valence-electron chi connectivity index (χ2n) is 8.15. The van der Waals surface area contributed by atoms with Gasteiger partial charge >= 0.3 is 0 Å². The lowest BCUT2D eigenvalue weighted by Crippen LogP contribution is -2.40. The Morgan fingerprint density at radius 1 is 1.12 bits per heavy atom. The van der Waals surface area contributed by atoms with E-state index >= 15 is 0 Å². The number of rotatable bonds is 10. The summed E-state index contributed by atoms with van der Waals surface area (Å²) in [5.74, 6) is 0.754. The van der Waals surface area contributed by atoms with Gasteiger partial charge in [0.05, 0.1) is 11.1 Å². The van der Waals surface area contributed by atoms with Gasteiger partial charge in [0.2, 0.25) is 10.0 Å². The molecule has 0 bridgehead atoms. The number of benzene rings is 2. The SMILES string of the molecule is CC(C)Oc1ccccc1OCCN1CCC(CNS(=O)(=O)c2cccc(Cl)c2F)CC1. The molecule has 3 rings (SSSR count). The Morgan fingerprint density at radius 3 is 2.50 bits per heavy atom. The van der Waals surface area contributed by atoms with E-state index in [1.807, 2.05) is 38.1 Å². The molecule has 0 amide bonds. The Hall–Kier alpha value is -1.87. The van der Waals surface area contributed by atoms with Crippen LogP contribution in [0.4, 0.5) is 4.39 Å². The third-order valence-corrected chi connectivity index (χ3v) is 7.08. The largest absolute Gasteiger partial charge is 0.488 e. The zero-order valence-corrected chi connectivity index (χ0v) is 20.0. The molecule has 1 fully saturated rings. The van der Waals surface area contributed by atoms with E-state index in [2.05, 4.69) is 9.62 Å². The third-order valence-electron chi connectivity index (χ3n) is 5.35. The number of halogens is 2. The molecule has 176 valence electrons. The summed E-state index contributed by atoms with van der Waals surface area (Å²) < 4.78 is 53.2. The third kappa shape index (κ3) is 6.81. The van der Waals surface area contributed by atoms with Gasteiger partial charge in [0, 0.05) is 13.1 Å². The average Bonchev–Trinajstić information content (AvgIpc) is 2.76. The van der Waals surface area contributed by atoms with Gasteiger partial charge in [0.15, 0.2) is 17.3 Å². The van der Waals surface area contributed by atoms with Gasteiger partial charge in [-0.05, 0) is 70.0 Å². The van der Waals surface area contributed by atoms with E-state index in [1.165, 1.54) is 18.2 Å². The first-order valence-corrected chi connectivity index (χ1v) is 12.7. The molecule has 0 atom stereocenters. The van der Waals surface area contributed by atoms with Crippen LogP contribution in [0.25, 0.3) is 0 Å². The maximum absolute atomic E-state index is 14.1. The first kappa shape index (κ1) is 24.8. The van der Waals surface area contributed by atoms with Crippen molar-refractivity contribution in [2.45, 2.75) is 37.7 Å². The topological polar surface area (TPSA) is 67.9 Å². The monoisotopic (exact) mass is 484 g/mol. The van der Waals surface area contributed by atoms with E-state index < -0.39 is 20.7 Å². The average molecular weight is 485 g/mol. The molecule has 1 saturated heterocycles. The molecular weight excluding hydrogens is 455 g/mol. The Kier molecular flexibility index (Phi) is 8.76. The molecule has 32 heavy (non-hydrogen) atoms. The number of sulfonamides is 1. The molecule has 1 aliphatic rings. The number of hydrogen-bond donors (Lipinski definition) is 1. The second kappa shape index (κ2) is 11.3. The van der Waals surface area contributed by atoms with Crippen LogP contribution in [0.3, 0.4) is 0 Å². The number of ether oxygens (including phenoxy) is 2. The van der Waals surface area contributed by atoms with Crippen molar-refractivity contribution in [2.75, 3.05) is 32.8 Å². The molecule has 6 nitrogen and oxygen atoms in total. The van der Waals surface area contributed by atoms with Gasteiger partial charge in [-0.15, -0.1) is 0 Å². The van der Waals surface area contributed by atoms with Crippen molar-refractivity contribution < 1.29 is 22.3 Å². The van der Waals surface area contributed by atoms with Gasteiger partial charge in [-0.1, -0.05) is 29.8 Å². The summed E-state index contributed by atoms with van der Waals surface area (Å²) in [7, 11) is -3.94. The van der Waals surface area contributed by atoms with Crippen LogP contribution in [0.2, 0.25) is 5.02 Å². The van der Waals surface area contributed by atoms with Crippen molar-refractivity contribution in [1.82, 2.24) is 9.62 Å². The highest BCUT2D eigenvalue weighted by Crippen LogP contribution is 2.27. The predicted molar refractivity (Wildman–Crippen MR) is 123 cm³/mol. The molecule has 1 N–H and O–H groups in total. The van der Waals surface area contributed by atoms with E-state index in [0.717, 1.165) is 44.0 Å². The zero-order chi connectivity index (χ0) is 23.1. The second-order valence-corrected chi connectivity index (χ2v) is 10.3. The predicted octanol–water partition coefficient (Wildman–Crippen LogP) is 4.34. The molecule has 2 aromatic carbocycles. The summed E-state index contributed by atoms with van der Waals surface area (Å²) in [6.07, 6.45) is 1.79. The summed E-state index contributed by atoms with van der Waals surface area (Å²) in [6, 6.07) is 11.6. The minimum absolute atomic E-state index is 0.0755. The van der Waals surface area contributed by atoms with Crippen molar-refractivity contribution in [3.8, 4) is 11.5 Å². The highest BCUT2D eigenvalue weighted by Gasteiger charge is 2.24. The number of likely N-dealkylation sites (tertiary alicyclic amines) is 1. The van der Waals surface area contributed by atoms with E-state index in [0.29, 0.717) is 6.61 Å². The van der Waals surface area contributed by atoms with Crippen LogP contribution < -0.4 is 14.2 Å². The molecule has 0 unspecified atom stereocenters. The molecule has 1 aliphatic heterocycles. The molecule has 0 spiro atoms. The minimum Gasteiger partial charge on any atom is -0.488 e. The molecule has 0 aliphatic carbocycles. The van der Waals surface area contributed by atoms with E-state index in [-0.39, 0.29) is 23.6 Å². The van der Waals surface area contributed by atoms with E-state index in [9.17, 15) is 12.8 Å². The molecule has 2 aromatic rings. The fourth-order valence-corrected chi connectivity index (χ4v) is 5.06. The molecule has 0 saturated carbocycles. The number of hydrogen-bond acceptors (Lipinski definition) is 5.